The van der Waals surface area contributed by atoms with Gasteiger partial charge in [0.25, 0.3) is 5.56 Å². The first-order valence-electron chi connectivity index (χ1n) is 9.19. The van der Waals surface area contributed by atoms with Crippen LogP contribution in [0.3, 0.4) is 0 Å². The van der Waals surface area contributed by atoms with E-state index in [-0.39, 0.29) is 5.30 Å². The largest absolute Gasteiger partial charge is 0.470 e. The maximum atomic E-state index is 13.0. The van der Waals surface area contributed by atoms with Gasteiger partial charge in [0.15, 0.2) is 6.23 Å². The summed E-state index contributed by atoms with van der Waals surface area (Å²) in [6, 6.07) is 6.25. The number of nitrogen functional groups attached to an aromatic ring is 1. The molecule has 0 radical (unpaired) electrons. The quantitative estimate of drug-likeness (QED) is 0.143. The lowest BCUT2D eigenvalue weighted by Gasteiger charge is -2.26. The van der Waals surface area contributed by atoms with E-state index >= 15 is 0 Å². The Kier molecular flexibility index (Phi) is 7.82. The van der Waals surface area contributed by atoms with Crippen LogP contribution in [0.5, 0.6) is 0 Å². The third-order valence-corrected chi connectivity index (χ3v) is 7.45. The van der Waals surface area contributed by atoms with Gasteiger partial charge in [-0.1, -0.05) is 0 Å². The van der Waals surface area contributed by atoms with Crippen LogP contribution in [-0.2, 0) is 27.5 Å². The number of benzene rings is 1. The van der Waals surface area contributed by atoms with Gasteiger partial charge in [-0.15, -0.1) is 0 Å². The highest BCUT2D eigenvalue weighted by molar-refractivity contribution is 7.54. The summed E-state index contributed by atoms with van der Waals surface area (Å²) in [5.74, 6) is -2.03. The number of anilines is 1. The first-order valence-corrected chi connectivity index (χ1v) is 13.7. The highest BCUT2D eigenvalue weighted by atomic mass is 31.2. The fourth-order valence-corrected chi connectivity index (χ4v) is 5.79. The van der Waals surface area contributed by atoms with Crippen molar-refractivity contribution in [1.29, 1.82) is 0 Å². The highest BCUT2D eigenvalue weighted by Gasteiger charge is 2.55. The minimum atomic E-state index is -5.42. The van der Waals surface area contributed by atoms with Gasteiger partial charge in [0.05, 0.1) is 0 Å². The summed E-state index contributed by atoms with van der Waals surface area (Å²) in [6.45, 7) is 0. The summed E-state index contributed by atoms with van der Waals surface area (Å²) in [7, 11) is -14.0. The number of rotatable bonds is 8. The minimum absolute atomic E-state index is 0.0855. The van der Waals surface area contributed by atoms with Crippen LogP contribution in [0.4, 0.5) is 5.69 Å². The molecule has 2 aromatic rings. The molecular weight excluding hydrogens is 523 g/mol. The third-order valence-electron chi connectivity index (χ3n) is 4.64. The Balaban J connectivity index is 2.08. The summed E-state index contributed by atoms with van der Waals surface area (Å²) in [6.07, 6.45) is -7.19. The van der Waals surface area contributed by atoms with Crippen LogP contribution in [0, 0.1) is 0 Å². The van der Waals surface area contributed by atoms with Gasteiger partial charge in [-0.05, 0) is 24.3 Å². The number of hydrogen-bond acceptors (Lipinski definition) is 10. The highest BCUT2D eigenvalue weighted by Crippen LogP contribution is 2.51. The molecule has 0 spiro atoms. The van der Waals surface area contributed by atoms with E-state index in [1.54, 1.807) is 0 Å². The molecule has 1 aromatic heterocycles. The summed E-state index contributed by atoms with van der Waals surface area (Å²) >= 11 is 0. The summed E-state index contributed by atoms with van der Waals surface area (Å²) in [5.41, 5.74) is 3.91. The first kappa shape index (κ1) is 26.7. The van der Waals surface area contributed by atoms with Crippen LogP contribution in [0.2, 0.25) is 0 Å². The maximum absolute atomic E-state index is 13.0. The predicted molar refractivity (Wildman–Crippen MR) is 115 cm³/mol. The molecule has 0 bridgehead atoms. The molecule has 1 fully saturated rings. The van der Waals surface area contributed by atoms with Crippen LogP contribution in [0.1, 0.15) is 6.23 Å². The van der Waals surface area contributed by atoms with Crippen molar-refractivity contribution in [3.63, 3.8) is 0 Å². The third kappa shape index (κ3) is 6.39. The molecule has 2 unspecified atom stereocenters. The average Bonchev–Trinajstić information content (AvgIpc) is 3.02. The van der Waals surface area contributed by atoms with Gasteiger partial charge < -0.3 is 39.7 Å². The van der Waals surface area contributed by atoms with E-state index in [4.69, 9.17) is 10.5 Å². The molecule has 2 heterocycles. The Bertz CT molecular complexity index is 1270. The van der Waals surface area contributed by atoms with Gasteiger partial charge in [-0.25, -0.2) is 13.9 Å². The van der Waals surface area contributed by atoms with Crippen molar-refractivity contribution in [2.45, 2.75) is 30.4 Å². The van der Waals surface area contributed by atoms with E-state index in [2.05, 4.69) is 9.05 Å². The maximum Gasteiger partial charge on any atom is 0.470 e. The van der Waals surface area contributed by atoms with Crippen LogP contribution in [0.15, 0.2) is 46.1 Å². The molecule has 34 heavy (non-hydrogen) atoms. The molecule has 1 aliphatic heterocycles. The zero-order chi connectivity index (χ0) is 25.4. The minimum Gasteiger partial charge on any atom is -0.399 e. The van der Waals surface area contributed by atoms with Crippen molar-refractivity contribution in [1.82, 2.24) is 9.55 Å². The Morgan fingerprint density at radius 2 is 1.59 bits per heavy atom. The normalized spacial score (nSPS) is 25.2. The van der Waals surface area contributed by atoms with Gasteiger partial charge in [0.1, 0.15) is 32.0 Å². The predicted octanol–water partition coefficient (Wildman–Crippen LogP) is -1.82. The molecule has 16 nitrogen and oxygen atoms in total. The Labute approximate surface area is 190 Å². The topological polar surface area (TPSA) is 261 Å². The Morgan fingerprint density at radius 3 is 2.12 bits per heavy atom. The number of phosphoric acid groups is 2. The zero-order valence-electron chi connectivity index (χ0n) is 16.8. The number of aromatic nitrogens is 2. The number of aromatic amines is 1. The van der Waals surface area contributed by atoms with Gasteiger partial charge >= 0.3 is 21.3 Å². The number of hydrogen-bond donors (Lipinski definition) is 7. The Hall–Kier alpha value is -1.93. The van der Waals surface area contributed by atoms with E-state index in [1.165, 1.54) is 24.3 Å². The smallest absolute Gasteiger partial charge is 0.399 e. The fraction of sp³-hybridized carbons (Fsp3) is 0.333. The van der Waals surface area contributed by atoms with Crippen molar-refractivity contribution >= 4 is 34.4 Å². The standard InChI is InChI=1S/C15H20N3O13P3/c16-7-1-3-8(4-2-7)32(22)14(20)12-10(30-33(23,24)25)11(31-34(26,27)28)13(29-12)18-6-5-9(19)17-15(18)21/h1-6,10-14,20,32H,16H2,(H,17,19,21)(H2,23,24,25)(H2,26,27,28)/t10-,11+,12-,13+,14?/m0/s1. The molecule has 19 heteroatoms. The number of ether oxygens (including phenoxy) is 1. The number of nitrogens with one attached hydrogen (secondary N) is 1. The lowest BCUT2D eigenvalue weighted by atomic mass is 10.1. The number of H-pyrrole nitrogens is 1. The van der Waals surface area contributed by atoms with E-state index in [1.807, 2.05) is 4.98 Å². The summed E-state index contributed by atoms with van der Waals surface area (Å²) in [5, 5.41) is 10.8. The van der Waals surface area contributed by atoms with Crippen molar-refractivity contribution in [2.24, 2.45) is 0 Å². The van der Waals surface area contributed by atoms with Crippen molar-refractivity contribution in [3.8, 4) is 0 Å². The second-order valence-electron chi connectivity index (χ2n) is 7.06. The molecule has 188 valence electrons. The van der Waals surface area contributed by atoms with E-state index in [0.717, 1.165) is 12.3 Å². The van der Waals surface area contributed by atoms with Crippen molar-refractivity contribution in [3.05, 3.63) is 57.4 Å². The van der Waals surface area contributed by atoms with Gasteiger partial charge in [-0.3, -0.25) is 23.4 Å². The molecule has 3 rings (SSSR count). The van der Waals surface area contributed by atoms with Gasteiger partial charge in [-0.2, -0.15) is 0 Å². The average molecular weight is 543 g/mol. The first-order chi connectivity index (χ1) is 15.7. The zero-order valence-corrected chi connectivity index (χ0v) is 19.6. The van der Waals surface area contributed by atoms with Crippen molar-refractivity contribution in [2.75, 3.05) is 5.73 Å². The Morgan fingerprint density at radius 1 is 1.03 bits per heavy atom. The lowest BCUT2D eigenvalue weighted by molar-refractivity contribution is -0.0636. The monoisotopic (exact) mass is 543 g/mol. The number of nitrogens with zero attached hydrogens (tertiary/aromatic N) is 1. The van der Waals surface area contributed by atoms with Crippen LogP contribution < -0.4 is 22.3 Å². The van der Waals surface area contributed by atoms with Crippen LogP contribution in [-0.4, -0.2) is 58.4 Å². The number of nitrogens with two attached hydrogens (primary N) is 1. The van der Waals surface area contributed by atoms with Gasteiger partial charge in [0.2, 0.25) is 0 Å². The molecule has 1 aliphatic rings. The van der Waals surface area contributed by atoms with Gasteiger partial charge in [0, 0.05) is 23.3 Å². The number of aliphatic hydroxyl groups excluding tert-OH is 1. The summed E-state index contributed by atoms with van der Waals surface area (Å²) in [4.78, 5) is 62.8. The second kappa shape index (κ2) is 9.97. The van der Waals surface area contributed by atoms with E-state index in [9.17, 15) is 48.0 Å². The molecule has 0 saturated carbocycles. The number of aliphatic hydroxyl groups is 1. The molecular formula is C15H20N3O13P3. The molecule has 0 aliphatic carbocycles. The lowest BCUT2D eigenvalue weighted by Crippen LogP contribution is -2.41. The van der Waals surface area contributed by atoms with E-state index < -0.39 is 65.1 Å². The second-order valence-corrected chi connectivity index (χ2v) is 11.3. The SMILES string of the molecule is Nc1ccc([PH](=O)C(O)[C@H]2O[C@@H](n3ccc(=O)[nH]c3=O)[C@H](OP(=O)(O)O)[C@@H]2OP(=O)(O)O)cc1. The number of phosphoric ester groups is 2. The molecule has 1 saturated heterocycles. The fourth-order valence-electron chi connectivity index (χ4n) is 3.29. The van der Waals surface area contributed by atoms with Crippen LogP contribution in [0.25, 0.3) is 0 Å². The molecule has 0 amide bonds. The molecule has 8 N–H and O–H groups in total. The van der Waals surface area contributed by atoms with Crippen LogP contribution >= 0.6 is 23.4 Å². The summed E-state index contributed by atoms with van der Waals surface area (Å²) < 4.78 is 51.4. The molecule has 1 aromatic carbocycles. The van der Waals surface area contributed by atoms with Crippen molar-refractivity contribution < 1.29 is 52.2 Å². The van der Waals surface area contributed by atoms with E-state index in [0.29, 0.717) is 10.3 Å². The molecule has 6 atom stereocenters.